The van der Waals surface area contributed by atoms with Crippen LogP contribution >= 0.6 is 0 Å². The molecule has 1 saturated carbocycles. The van der Waals surface area contributed by atoms with E-state index in [0.29, 0.717) is 6.04 Å². The zero-order valence-corrected chi connectivity index (χ0v) is 14.8. The number of hydrogen-bond acceptors (Lipinski definition) is 3. The molecule has 5 heteroatoms. The summed E-state index contributed by atoms with van der Waals surface area (Å²) in [5.41, 5.74) is 0.745. The van der Waals surface area contributed by atoms with E-state index in [1.54, 1.807) is 0 Å². The molecule has 1 saturated heterocycles. The largest absolute Gasteiger partial charge is 0.481 e. The Balaban J connectivity index is 1.60. The topological polar surface area (TPSA) is 60.9 Å². The molecule has 0 bridgehead atoms. The van der Waals surface area contributed by atoms with Gasteiger partial charge in [0.05, 0.1) is 0 Å². The smallest absolute Gasteiger partial charge is 0.303 e. The molecule has 1 N–H and O–H groups in total. The Morgan fingerprint density at radius 1 is 0.960 bits per heavy atom. The Kier molecular flexibility index (Phi) is 6.08. The predicted octanol–water partition coefficient (Wildman–Crippen LogP) is 2.87. The molecule has 0 spiro atoms. The summed E-state index contributed by atoms with van der Waals surface area (Å²) in [5, 5.41) is 9.24. The van der Waals surface area contributed by atoms with Crippen LogP contribution in [0.2, 0.25) is 0 Å². The Morgan fingerprint density at radius 2 is 1.64 bits per heavy atom. The lowest BCUT2D eigenvalue weighted by molar-refractivity contribution is -0.138. The number of aliphatic carboxylic acids is 1. The van der Waals surface area contributed by atoms with E-state index in [2.05, 4.69) is 4.90 Å². The summed E-state index contributed by atoms with van der Waals surface area (Å²) in [6.07, 6.45) is 5.91. The van der Waals surface area contributed by atoms with Crippen molar-refractivity contribution in [2.45, 2.75) is 44.6 Å². The van der Waals surface area contributed by atoms with Crippen molar-refractivity contribution in [2.75, 3.05) is 26.2 Å². The third kappa shape index (κ3) is 4.60. The van der Waals surface area contributed by atoms with Gasteiger partial charge in [-0.15, -0.1) is 0 Å². The summed E-state index contributed by atoms with van der Waals surface area (Å²) >= 11 is 0. The molecular weight excluding hydrogens is 316 g/mol. The first-order valence-electron chi connectivity index (χ1n) is 9.45. The standard InChI is InChI=1S/C20H28N2O3/c23-19(24)15-17-9-5-2-6-10-18(17)21-11-13-22(14-12-21)20(25)16-7-3-1-4-8-16/h1,3-4,7-8,17-18H,2,5-6,9-15H2,(H,23,24). The lowest BCUT2D eigenvalue weighted by Gasteiger charge is -2.41. The maximum Gasteiger partial charge on any atom is 0.303 e. The number of benzene rings is 1. The lowest BCUT2D eigenvalue weighted by Crippen LogP contribution is -2.53. The van der Waals surface area contributed by atoms with Crippen molar-refractivity contribution < 1.29 is 14.7 Å². The predicted molar refractivity (Wildman–Crippen MR) is 96.5 cm³/mol. The van der Waals surface area contributed by atoms with E-state index in [1.165, 1.54) is 12.8 Å². The van der Waals surface area contributed by atoms with Crippen LogP contribution in [-0.4, -0.2) is 59.0 Å². The Bertz CT molecular complexity index is 582. The molecule has 1 amide bonds. The van der Waals surface area contributed by atoms with Crippen LogP contribution in [0.5, 0.6) is 0 Å². The maximum atomic E-state index is 12.6. The van der Waals surface area contributed by atoms with Crippen LogP contribution < -0.4 is 0 Å². The highest BCUT2D eigenvalue weighted by molar-refractivity contribution is 5.94. The first kappa shape index (κ1) is 17.9. The molecular formula is C20H28N2O3. The molecule has 2 fully saturated rings. The summed E-state index contributed by atoms with van der Waals surface area (Å²) in [5.74, 6) is -0.339. The second kappa shape index (κ2) is 8.48. The molecule has 136 valence electrons. The molecule has 0 aromatic heterocycles. The summed E-state index contributed by atoms with van der Waals surface area (Å²) in [6, 6.07) is 9.79. The van der Waals surface area contributed by atoms with Gasteiger partial charge in [0.1, 0.15) is 0 Å². The van der Waals surface area contributed by atoms with Gasteiger partial charge in [0, 0.05) is 44.2 Å². The Labute approximate surface area is 149 Å². The van der Waals surface area contributed by atoms with Gasteiger partial charge in [0.2, 0.25) is 0 Å². The van der Waals surface area contributed by atoms with E-state index in [9.17, 15) is 14.7 Å². The highest BCUT2D eigenvalue weighted by Crippen LogP contribution is 2.30. The van der Waals surface area contributed by atoms with Gasteiger partial charge in [-0.1, -0.05) is 37.5 Å². The van der Waals surface area contributed by atoms with Crippen molar-refractivity contribution in [3.63, 3.8) is 0 Å². The number of amides is 1. The summed E-state index contributed by atoms with van der Waals surface area (Å²) in [7, 11) is 0. The van der Waals surface area contributed by atoms with Crippen LogP contribution in [-0.2, 0) is 4.79 Å². The maximum absolute atomic E-state index is 12.6. The quantitative estimate of drug-likeness (QED) is 0.853. The zero-order valence-electron chi connectivity index (χ0n) is 14.8. The van der Waals surface area contributed by atoms with Gasteiger partial charge in [0.15, 0.2) is 0 Å². The normalized spacial score (nSPS) is 25.4. The van der Waals surface area contributed by atoms with E-state index in [4.69, 9.17) is 0 Å². The minimum atomic E-state index is -0.685. The molecule has 3 rings (SSSR count). The highest BCUT2D eigenvalue weighted by atomic mass is 16.4. The van der Waals surface area contributed by atoms with Crippen molar-refractivity contribution in [3.05, 3.63) is 35.9 Å². The molecule has 25 heavy (non-hydrogen) atoms. The van der Waals surface area contributed by atoms with E-state index < -0.39 is 5.97 Å². The van der Waals surface area contributed by atoms with E-state index in [-0.39, 0.29) is 18.2 Å². The Morgan fingerprint density at radius 3 is 2.32 bits per heavy atom. The van der Waals surface area contributed by atoms with Gasteiger partial charge < -0.3 is 10.0 Å². The average molecular weight is 344 g/mol. The molecule has 1 aromatic carbocycles. The molecule has 2 aliphatic rings. The molecule has 1 aromatic rings. The second-order valence-electron chi connectivity index (χ2n) is 7.26. The molecule has 2 unspecified atom stereocenters. The summed E-state index contributed by atoms with van der Waals surface area (Å²) in [6.45, 7) is 3.15. The van der Waals surface area contributed by atoms with E-state index >= 15 is 0 Å². The summed E-state index contributed by atoms with van der Waals surface area (Å²) < 4.78 is 0. The number of carbonyl (C=O) groups is 2. The van der Waals surface area contributed by atoms with Crippen LogP contribution in [0.15, 0.2) is 30.3 Å². The van der Waals surface area contributed by atoms with Crippen molar-refractivity contribution in [2.24, 2.45) is 5.92 Å². The average Bonchev–Trinajstić information content (AvgIpc) is 2.87. The van der Waals surface area contributed by atoms with Gasteiger partial charge in [-0.25, -0.2) is 0 Å². The van der Waals surface area contributed by atoms with Gasteiger partial charge in [-0.05, 0) is 30.9 Å². The van der Waals surface area contributed by atoms with Crippen molar-refractivity contribution in [3.8, 4) is 0 Å². The fourth-order valence-electron chi connectivity index (χ4n) is 4.33. The summed E-state index contributed by atoms with van der Waals surface area (Å²) in [4.78, 5) is 28.2. The minimum absolute atomic E-state index is 0.100. The number of nitrogens with zero attached hydrogens (tertiary/aromatic N) is 2. The lowest BCUT2D eigenvalue weighted by atomic mass is 9.90. The third-order valence-electron chi connectivity index (χ3n) is 5.65. The van der Waals surface area contributed by atoms with Crippen LogP contribution in [0.1, 0.15) is 48.9 Å². The second-order valence-corrected chi connectivity index (χ2v) is 7.26. The van der Waals surface area contributed by atoms with Gasteiger partial charge in [0.25, 0.3) is 5.91 Å². The molecule has 5 nitrogen and oxygen atoms in total. The van der Waals surface area contributed by atoms with Crippen LogP contribution in [0.3, 0.4) is 0 Å². The minimum Gasteiger partial charge on any atom is -0.481 e. The van der Waals surface area contributed by atoms with E-state index in [0.717, 1.165) is 51.0 Å². The third-order valence-corrected chi connectivity index (χ3v) is 5.65. The SMILES string of the molecule is O=C(O)CC1CCCCCC1N1CCN(C(=O)c2ccccc2)CC1. The highest BCUT2D eigenvalue weighted by Gasteiger charge is 2.33. The number of rotatable bonds is 4. The fourth-order valence-corrected chi connectivity index (χ4v) is 4.33. The van der Waals surface area contributed by atoms with E-state index in [1.807, 2.05) is 35.2 Å². The van der Waals surface area contributed by atoms with Crippen molar-refractivity contribution >= 4 is 11.9 Å². The fraction of sp³-hybridized carbons (Fsp3) is 0.600. The molecule has 2 atom stereocenters. The van der Waals surface area contributed by atoms with Crippen molar-refractivity contribution in [1.29, 1.82) is 0 Å². The number of piperazine rings is 1. The van der Waals surface area contributed by atoms with Gasteiger partial charge in [-0.3, -0.25) is 14.5 Å². The molecule has 1 aliphatic carbocycles. The van der Waals surface area contributed by atoms with Gasteiger partial charge >= 0.3 is 5.97 Å². The number of carboxylic acid groups (broad SMARTS) is 1. The Hall–Kier alpha value is -1.88. The van der Waals surface area contributed by atoms with Crippen LogP contribution in [0.25, 0.3) is 0 Å². The zero-order chi connectivity index (χ0) is 17.6. The van der Waals surface area contributed by atoms with Crippen LogP contribution in [0, 0.1) is 5.92 Å². The monoisotopic (exact) mass is 344 g/mol. The first-order valence-corrected chi connectivity index (χ1v) is 9.45. The first-order chi connectivity index (χ1) is 12.1. The number of carboxylic acids is 1. The van der Waals surface area contributed by atoms with Gasteiger partial charge in [-0.2, -0.15) is 0 Å². The number of hydrogen-bond donors (Lipinski definition) is 1. The molecule has 1 heterocycles. The van der Waals surface area contributed by atoms with Crippen molar-refractivity contribution in [1.82, 2.24) is 9.80 Å². The molecule has 0 radical (unpaired) electrons. The van der Waals surface area contributed by atoms with Crippen LogP contribution in [0.4, 0.5) is 0 Å². The molecule has 1 aliphatic heterocycles. The number of carbonyl (C=O) groups excluding carboxylic acids is 1.